The molecular formula is C14H18N4. The van der Waals surface area contributed by atoms with E-state index >= 15 is 0 Å². The molecule has 0 spiro atoms. The third-order valence-corrected chi connectivity index (χ3v) is 2.90. The van der Waals surface area contributed by atoms with Gasteiger partial charge < -0.3 is 5.73 Å². The summed E-state index contributed by atoms with van der Waals surface area (Å²) in [5.41, 5.74) is 15.7. The maximum Gasteiger partial charge on any atom is 0.0957 e. The van der Waals surface area contributed by atoms with Gasteiger partial charge in [0, 0.05) is 0 Å². The molecule has 0 heterocycles. The molecule has 0 radical (unpaired) electrons. The van der Waals surface area contributed by atoms with Crippen molar-refractivity contribution in [3.8, 4) is 11.1 Å². The maximum atomic E-state index is 6.02. The highest BCUT2D eigenvalue weighted by atomic mass is 15.5. The Bertz CT molecular complexity index is 507. The van der Waals surface area contributed by atoms with Crippen molar-refractivity contribution in [2.45, 2.75) is 13.1 Å². The van der Waals surface area contributed by atoms with Crippen molar-refractivity contribution in [1.82, 2.24) is 11.0 Å². The third kappa shape index (κ3) is 2.75. The molecule has 6 N–H and O–H groups in total. The quantitative estimate of drug-likeness (QED) is 0.373. The van der Waals surface area contributed by atoms with Gasteiger partial charge >= 0.3 is 0 Å². The van der Waals surface area contributed by atoms with Crippen LogP contribution in [0.15, 0.2) is 48.5 Å². The first-order valence-corrected chi connectivity index (χ1v) is 5.85. The Hall–Kier alpha value is -1.72. The second-order valence-corrected chi connectivity index (χ2v) is 4.22. The lowest BCUT2D eigenvalue weighted by atomic mass is 9.97. The second-order valence-electron chi connectivity index (χ2n) is 4.22. The summed E-state index contributed by atoms with van der Waals surface area (Å²) in [6, 6.07) is 16.4. The van der Waals surface area contributed by atoms with Crippen molar-refractivity contribution in [3.05, 3.63) is 59.7 Å². The fraction of sp³-hybridized carbons (Fsp3) is 0.143. The smallest absolute Gasteiger partial charge is 0.0957 e. The van der Waals surface area contributed by atoms with Gasteiger partial charge in [0.15, 0.2) is 0 Å². The molecule has 0 saturated carbocycles. The number of benzene rings is 2. The number of aryl methyl sites for hydroxylation is 1. The molecule has 0 amide bonds. The molecule has 2 aromatic rings. The van der Waals surface area contributed by atoms with Crippen LogP contribution in [-0.2, 0) is 0 Å². The summed E-state index contributed by atoms with van der Waals surface area (Å²) in [6.45, 7) is 2.07. The first-order chi connectivity index (χ1) is 8.72. The molecule has 0 aliphatic heterocycles. The molecule has 1 unspecified atom stereocenters. The van der Waals surface area contributed by atoms with E-state index in [-0.39, 0.29) is 6.17 Å². The van der Waals surface area contributed by atoms with Gasteiger partial charge in [-0.15, -0.1) is 0 Å². The molecule has 4 heteroatoms. The number of hydrogen-bond donors (Lipinski definition) is 4. The highest BCUT2D eigenvalue weighted by Crippen LogP contribution is 2.26. The normalized spacial score (nSPS) is 12.4. The zero-order valence-electron chi connectivity index (χ0n) is 10.4. The zero-order valence-corrected chi connectivity index (χ0v) is 10.4. The van der Waals surface area contributed by atoms with E-state index < -0.39 is 0 Å². The molecule has 0 fully saturated rings. The van der Waals surface area contributed by atoms with E-state index in [0.717, 1.165) is 16.7 Å². The van der Waals surface area contributed by atoms with Gasteiger partial charge in [0.25, 0.3) is 0 Å². The molecule has 2 aromatic carbocycles. The van der Waals surface area contributed by atoms with E-state index in [1.165, 1.54) is 5.56 Å². The Balaban J connectivity index is 2.41. The van der Waals surface area contributed by atoms with Crippen LogP contribution in [0.3, 0.4) is 0 Å². The third-order valence-electron chi connectivity index (χ3n) is 2.90. The molecule has 0 saturated heterocycles. The predicted molar refractivity (Wildman–Crippen MR) is 74.0 cm³/mol. The summed E-state index contributed by atoms with van der Waals surface area (Å²) in [5, 5.41) is 0. The van der Waals surface area contributed by atoms with E-state index in [0.29, 0.717) is 0 Å². The van der Waals surface area contributed by atoms with Gasteiger partial charge in [-0.25, -0.2) is 5.43 Å². The van der Waals surface area contributed by atoms with Crippen LogP contribution in [0.25, 0.3) is 11.1 Å². The van der Waals surface area contributed by atoms with Crippen LogP contribution < -0.4 is 22.5 Å². The molecule has 0 aliphatic rings. The van der Waals surface area contributed by atoms with Crippen molar-refractivity contribution in [3.63, 3.8) is 0 Å². The number of rotatable bonds is 4. The Morgan fingerprint density at radius 3 is 2.33 bits per heavy atom. The summed E-state index contributed by atoms with van der Waals surface area (Å²) in [5.74, 6) is 5.23. The fourth-order valence-corrected chi connectivity index (χ4v) is 1.93. The molecule has 1 atom stereocenters. The van der Waals surface area contributed by atoms with Crippen molar-refractivity contribution >= 4 is 0 Å². The van der Waals surface area contributed by atoms with Crippen LogP contribution >= 0.6 is 0 Å². The number of nitrogens with two attached hydrogens (primary N) is 2. The molecule has 4 nitrogen and oxygen atoms in total. The van der Waals surface area contributed by atoms with Crippen LogP contribution in [-0.4, -0.2) is 0 Å². The average molecular weight is 242 g/mol. The first kappa shape index (κ1) is 12.7. The van der Waals surface area contributed by atoms with E-state index in [2.05, 4.69) is 48.2 Å². The van der Waals surface area contributed by atoms with Gasteiger partial charge in [-0.1, -0.05) is 54.1 Å². The minimum Gasteiger partial charge on any atom is -0.311 e. The van der Waals surface area contributed by atoms with Crippen molar-refractivity contribution in [2.75, 3.05) is 0 Å². The maximum absolute atomic E-state index is 6.02. The summed E-state index contributed by atoms with van der Waals surface area (Å²) in [4.78, 5) is 0. The van der Waals surface area contributed by atoms with Crippen molar-refractivity contribution in [2.24, 2.45) is 11.6 Å². The molecule has 94 valence electrons. The van der Waals surface area contributed by atoms with Crippen LogP contribution in [0.1, 0.15) is 17.3 Å². The lowest BCUT2D eigenvalue weighted by Gasteiger charge is -2.17. The lowest BCUT2D eigenvalue weighted by Crippen LogP contribution is -2.44. The Labute approximate surface area is 107 Å². The number of hydrogen-bond acceptors (Lipinski definition) is 4. The molecule has 0 bridgehead atoms. The SMILES string of the molecule is Cc1ccc(-c2ccccc2C(N)NNN)cc1. The first-order valence-electron chi connectivity index (χ1n) is 5.85. The lowest BCUT2D eigenvalue weighted by molar-refractivity contribution is 0.461. The summed E-state index contributed by atoms with van der Waals surface area (Å²) in [7, 11) is 0. The molecule has 0 aliphatic carbocycles. The number of nitrogens with one attached hydrogen (secondary N) is 2. The van der Waals surface area contributed by atoms with Crippen LogP contribution in [0.4, 0.5) is 0 Å². The number of hydrazine groups is 2. The minimum absolute atomic E-state index is 0.354. The van der Waals surface area contributed by atoms with E-state index in [4.69, 9.17) is 11.6 Å². The molecule has 2 rings (SSSR count). The standard InChI is InChI=1S/C14H18N4/c1-10-6-8-11(9-7-10)12-4-2-3-5-13(12)14(15)17-18-16/h2-9,14,17-18H,15-16H2,1H3. The van der Waals surface area contributed by atoms with Crippen molar-refractivity contribution in [1.29, 1.82) is 0 Å². The molecule has 18 heavy (non-hydrogen) atoms. The van der Waals surface area contributed by atoms with Crippen LogP contribution in [0, 0.1) is 6.92 Å². The van der Waals surface area contributed by atoms with Gasteiger partial charge in [-0.05, 0) is 23.6 Å². The van der Waals surface area contributed by atoms with Gasteiger partial charge in [-0.3, -0.25) is 5.84 Å². The van der Waals surface area contributed by atoms with Gasteiger partial charge in [0.05, 0.1) is 6.17 Å². The largest absolute Gasteiger partial charge is 0.311 e. The monoisotopic (exact) mass is 242 g/mol. The fourth-order valence-electron chi connectivity index (χ4n) is 1.93. The topological polar surface area (TPSA) is 76.1 Å². The predicted octanol–water partition coefficient (Wildman–Crippen LogP) is 1.59. The van der Waals surface area contributed by atoms with E-state index in [1.807, 2.05) is 18.2 Å². The van der Waals surface area contributed by atoms with Gasteiger partial charge in [0.2, 0.25) is 0 Å². The van der Waals surface area contributed by atoms with Gasteiger partial charge in [0.1, 0.15) is 0 Å². The summed E-state index contributed by atoms with van der Waals surface area (Å²) >= 11 is 0. The second kappa shape index (κ2) is 5.75. The van der Waals surface area contributed by atoms with E-state index in [9.17, 15) is 0 Å². The summed E-state index contributed by atoms with van der Waals surface area (Å²) in [6.07, 6.45) is -0.354. The molecular weight excluding hydrogens is 224 g/mol. The van der Waals surface area contributed by atoms with Crippen LogP contribution in [0.2, 0.25) is 0 Å². The van der Waals surface area contributed by atoms with Crippen molar-refractivity contribution < 1.29 is 0 Å². The summed E-state index contributed by atoms with van der Waals surface area (Å²) < 4.78 is 0. The Morgan fingerprint density at radius 2 is 1.67 bits per heavy atom. The Morgan fingerprint density at radius 1 is 1.00 bits per heavy atom. The van der Waals surface area contributed by atoms with Gasteiger partial charge in [-0.2, -0.15) is 5.53 Å². The highest BCUT2D eigenvalue weighted by Gasteiger charge is 2.10. The Kier molecular flexibility index (Phi) is 4.07. The highest BCUT2D eigenvalue weighted by molar-refractivity contribution is 5.68. The minimum atomic E-state index is -0.354. The van der Waals surface area contributed by atoms with Crippen LogP contribution in [0.5, 0.6) is 0 Å². The zero-order chi connectivity index (χ0) is 13.0. The van der Waals surface area contributed by atoms with E-state index in [1.54, 1.807) is 0 Å². The molecule has 0 aromatic heterocycles. The average Bonchev–Trinajstić information content (AvgIpc) is 2.40.